The zero-order chi connectivity index (χ0) is 13.8. The van der Waals surface area contributed by atoms with Gasteiger partial charge in [0, 0.05) is 6.42 Å². The van der Waals surface area contributed by atoms with Gasteiger partial charge in [-0.05, 0) is 5.56 Å². The third kappa shape index (κ3) is 3.23. The molecule has 0 saturated carbocycles. The molecule has 0 spiro atoms. The molecular formula is C13H16N2O4. The Morgan fingerprint density at radius 3 is 2.58 bits per heavy atom. The smallest absolute Gasteiger partial charge is 0.408 e. The summed E-state index contributed by atoms with van der Waals surface area (Å²) in [6.45, 7) is 0.570. The van der Waals surface area contributed by atoms with E-state index in [1.165, 1.54) is 0 Å². The van der Waals surface area contributed by atoms with E-state index < -0.39 is 18.0 Å². The highest BCUT2D eigenvalue weighted by Crippen LogP contribution is 2.21. The van der Waals surface area contributed by atoms with Crippen molar-refractivity contribution in [2.75, 3.05) is 6.54 Å². The van der Waals surface area contributed by atoms with Crippen LogP contribution in [0.25, 0.3) is 0 Å². The normalized spacial score (nSPS) is 22.4. The summed E-state index contributed by atoms with van der Waals surface area (Å²) < 4.78 is 5.64. The summed E-state index contributed by atoms with van der Waals surface area (Å²) in [5.41, 5.74) is 6.20. The summed E-state index contributed by atoms with van der Waals surface area (Å²) in [6, 6.07) is 8.78. The Morgan fingerprint density at radius 2 is 2.05 bits per heavy atom. The highest BCUT2D eigenvalue weighted by atomic mass is 16.5. The van der Waals surface area contributed by atoms with E-state index in [4.69, 9.17) is 15.6 Å². The monoisotopic (exact) mass is 264 g/mol. The lowest BCUT2D eigenvalue weighted by Gasteiger charge is -2.17. The molecule has 0 radical (unpaired) electrons. The van der Waals surface area contributed by atoms with Crippen LogP contribution in [0.5, 0.6) is 0 Å². The predicted molar refractivity (Wildman–Crippen MR) is 67.3 cm³/mol. The Kier molecular flexibility index (Phi) is 4.01. The number of carbonyl (C=O) groups is 2. The van der Waals surface area contributed by atoms with E-state index in [9.17, 15) is 9.59 Å². The number of hydrogen-bond donors (Lipinski definition) is 2. The standard InChI is InChI=1S/C13H16N2O4/c14-12(16)11-6-10(7-15(11)13(17)18)19-8-9-4-2-1-3-5-9/h1-5,10-11H,6-8H2,(H2,14,16)(H,17,18)/t10-,11+/m1/s1. The number of likely N-dealkylation sites (tertiary alicyclic amines) is 1. The lowest BCUT2D eigenvalue weighted by Crippen LogP contribution is -2.43. The molecule has 19 heavy (non-hydrogen) atoms. The molecule has 1 saturated heterocycles. The van der Waals surface area contributed by atoms with Crippen molar-refractivity contribution in [2.45, 2.75) is 25.2 Å². The Balaban J connectivity index is 1.93. The van der Waals surface area contributed by atoms with Crippen LogP contribution in [0.3, 0.4) is 0 Å². The number of amides is 2. The molecule has 1 aliphatic rings. The Labute approximate surface area is 110 Å². The minimum atomic E-state index is -1.14. The highest BCUT2D eigenvalue weighted by molar-refractivity contribution is 5.84. The molecule has 0 aromatic heterocycles. The molecule has 3 N–H and O–H groups in total. The first-order valence-corrected chi connectivity index (χ1v) is 6.02. The lowest BCUT2D eigenvalue weighted by molar-refractivity contribution is -0.121. The molecule has 1 heterocycles. The summed E-state index contributed by atoms with van der Waals surface area (Å²) in [6.07, 6.45) is -1.13. The van der Waals surface area contributed by atoms with E-state index in [1.807, 2.05) is 30.3 Å². The van der Waals surface area contributed by atoms with E-state index >= 15 is 0 Å². The zero-order valence-corrected chi connectivity index (χ0v) is 10.4. The van der Waals surface area contributed by atoms with Crippen molar-refractivity contribution >= 4 is 12.0 Å². The van der Waals surface area contributed by atoms with Crippen molar-refractivity contribution in [3.63, 3.8) is 0 Å². The van der Waals surface area contributed by atoms with Crippen LogP contribution >= 0.6 is 0 Å². The molecule has 6 nitrogen and oxygen atoms in total. The van der Waals surface area contributed by atoms with Crippen molar-refractivity contribution in [3.8, 4) is 0 Å². The van der Waals surface area contributed by atoms with Gasteiger partial charge in [-0.2, -0.15) is 0 Å². The average Bonchev–Trinajstić information content (AvgIpc) is 2.82. The van der Waals surface area contributed by atoms with Gasteiger partial charge in [0.05, 0.1) is 19.3 Å². The van der Waals surface area contributed by atoms with Crippen LogP contribution < -0.4 is 5.73 Å². The van der Waals surface area contributed by atoms with Gasteiger partial charge in [-0.3, -0.25) is 9.69 Å². The number of rotatable bonds is 4. The number of carboxylic acid groups (broad SMARTS) is 1. The number of ether oxygens (including phenoxy) is 1. The molecule has 102 valence electrons. The topological polar surface area (TPSA) is 92.9 Å². The van der Waals surface area contributed by atoms with Crippen LogP contribution in [0.2, 0.25) is 0 Å². The molecule has 0 unspecified atom stereocenters. The second-order valence-electron chi connectivity index (χ2n) is 4.51. The number of carbonyl (C=O) groups excluding carboxylic acids is 1. The maximum absolute atomic E-state index is 11.2. The van der Waals surface area contributed by atoms with Crippen molar-refractivity contribution in [1.82, 2.24) is 4.90 Å². The molecule has 0 aliphatic carbocycles. The van der Waals surface area contributed by atoms with Gasteiger partial charge in [0.25, 0.3) is 0 Å². The van der Waals surface area contributed by atoms with Gasteiger partial charge < -0.3 is 15.6 Å². The Bertz CT molecular complexity index is 441. The molecule has 1 fully saturated rings. The van der Waals surface area contributed by atoms with Crippen LogP contribution in [0, 0.1) is 0 Å². The summed E-state index contributed by atoms with van der Waals surface area (Å²) in [5.74, 6) is -0.631. The quantitative estimate of drug-likeness (QED) is 0.841. The number of benzene rings is 1. The summed E-state index contributed by atoms with van der Waals surface area (Å²) >= 11 is 0. The molecule has 1 aliphatic heterocycles. The van der Waals surface area contributed by atoms with Crippen molar-refractivity contribution in [2.24, 2.45) is 5.73 Å². The molecule has 1 aromatic carbocycles. The van der Waals surface area contributed by atoms with Gasteiger partial charge in [-0.25, -0.2) is 4.79 Å². The first kappa shape index (κ1) is 13.4. The van der Waals surface area contributed by atoms with Gasteiger partial charge in [0.2, 0.25) is 5.91 Å². The van der Waals surface area contributed by atoms with Gasteiger partial charge >= 0.3 is 6.09 Å². The third-order valence-corrected chi connectivity index (χ3v) is 3.17. The maximum Gasteiger partial charge on any atom is 0.408 e. The van der Waals surface area contributed by atoms with E-state index in [-0.39, 0.29) is 12.6 Å². The van der Waals surface area contributed by atoms with Crippen LogP contribution in [-0.4, -0.2) is 40.7 Å². The number of nitrogens with zero attached hydrogens (tertiary/aromatic N) is 1. The van der Waals surface area contributed by atoms with Crippen LogP contribution in [0.15, 0.2) is 30.3 Å². The van der Waals surface area contributed by atoms with Crippen LogP contribution in [0.1, 0.15) is 12.0 Å². The second-order valence-corrected chi connectivity index (χ2v) is 4.51. The maximum atomic E-state index is 11.2. The lowest BCUT2D eigenvalue weighted by atomic mass is 10.2. The average molecular weight is 264 g/mol. The largest absolute Gasteiger partial charge is 0.465 e. The van der Waals surface area contributed by atoms with E-state index in [0.29, 0.717) is 13.0 Å². The third-order valence-electron chi connectivity index (χ3n) is 3.17. The fourth-order valence-electron chi connectivity index (χ4n) is 2.19. The van der Waals surface area contributed by atoms with Gasteiger partial charge in [-0.1, -0.05) is 30.3 Å². The van der Waals surface area contributed by atoms with Gasteiger partial charge in [-0.15, -0.1) is 0 Å². The van der Waals surface area contributed by atoms with E-state index in [2.05, 4.69) is 0 Å². The van der Waals surface area contributed by atoms with Crippen molar-refractivity contribution in [3.05, 3.63) is 35.9 Å². The van der Waals surface area contributed by atoms with Crippen molar-refractivity contribution < 1.29 is 19.4 Å². The van der Waals surface area contributed by atoms with Crippen LogP contribution in [0.4, 0.5) is 4.79 Å². The van der Waals surface area contributed by atoms with E-state index in [1.54, 1.807) is 0 Å². The SMILES string of the molecule is NC(=O)[C@@H]1C[C@@H](OCc2ccccc2)CN1C(=O)O. The Hall–Kier alpha value is -2.08. The summed E-state index contributed by atoms with van der Waals surface area (Å²) in [7, 11) is 0. The zero-order valence-electron chi connectivity index (χ0n) is 10.4. The predicted octanol–water partition coefficient (Wildman–Crippen LogP) is 0.809. The fraction of sp³-hybridized carbons (Fsp3) is 0.385. The van der Waals surface area contributed by atoms with E-state index in [0.717, 1.165) is 10.5 Å². The Morgan fingerprint density at radius 1 is 1.37 bits per heavy atom. The highest BCUT2D eigenvalue weighted by Gasteiger charge is 2.39. The second kappa shape index (κ2) is 5.71. The summed E-state index contributed by atoms with van der Waals surface area (Å²) in [5, 5.41) is 9.00. The molecule has 2 rings (SSSR count). The first-order valence-electron chi connectivity index (χ1n) is 6.02. The first-order chi connectivity index (χ1) is 9.08. The minimum absolute atomic E-state index is 0.176. The molecule has 2 amide bonds. The van der Waals surface area contributed by atoms with Gasteiger partial charge in [0.1, 0.15) is 6.04 Å². The fourth-order valence-corrected chi connectivity index (χ4v) is 2.19. The van der Waals surface area contributed by atoms with Gasteiger partial charge in [0.15, 0.2) is 0 Å². The molecule has 6 heteroatoms. The minimum Gasteiger partial charge on any atom is -0.465 e. The number of hydrogen-bond acceptors (Lipinski definition) is 3. The number of nitrogens with two attached hydrogens (primary N) is 1. The number of primary amides is 1. The summed E-state index contributed by atoms with van der Waals surface area (Å²) in [4.78, 5) is 23.2. The molecular weight excluding hydrogens is 248 g/mol. The molecule has 0 bridgehead atoms. The van der Waals surface area contributed by atoms with Crippen LogP contribution in [-0.2, 0) is 16.1 Å². The molecule has 1 aromatic rings. The molecule has 2 atom stereocenters. The van der Waals surface area contributed by atoms with Crippen molar-refractivity contribution in [1.29, 1.82) is 0 Å².